The molecule has 1 fully saturated rings. The van der Waals surface area contributed by atoms with Crippen molar-refractivity contribution in [3.8, 4) is 17.0 Å². The number of aromatic nitrogens is 3. The molecule has 2 amide bonds. The maximum atomic E-state index is 12.3. The Morgan fingerprint density at radius 2 is 1.97 bits per heavy atom. The highest BCUT2D eigenvalue weighted by molar-refractivity contribution is 5.99. The molecule has 2 aromatic heterocycles. The van der Waals surface area contributed by atoms with Crippen molar-refractivity contribution in [2.24, 2.45) is 0 Å². The van der Waals surface area contributed by atoms with Gasteiger partial charge in [0.1, 0.15) is 12.4 Å². The third kappa shape index (κ3) is 6.65. The number of halogens is 1. The summed E-state index contributed by atoms with van der Waals surface area (Å²) in [6.45, 7) is 7.81. The van der Waals surface area contributed by atoms with E-state index in [0.717, 1.165) is 35.5 Å². The lowest BCUT2D eigenvalue weighted by atomic mass is 9.92. The lowest BCUT2D eigenvalue weighted by Gasteiger charge is -2.34. The van der Waals surface area contributed by atoms with Crippen LogP contribution in [0.5, 0.6) is 5.75 Å². The minimum Gasteiger partial charge on any atom is -0.491 e. The summed E-state index contributed by atoms with van der Waals surface area (Å²) in [6, 6.07) is 9.17. The molecule has 0 aliphatic carbocycles. The topological polar surface area (TPSA) is 101 Å². The van der Waals surface area contributed by atoms with E-state index in [1.54, 1.807) is 18.5 Å². The van der Waals surface area contributed by atoms with Crippen molar-refractivity contribution in [3.05, 3.63) is 60.2 Å². The third-order valence-electron chi connectivity index (χ3n) is 5.77. The van der Waals surface area contributed by atoms with Crippen molar-refractivity contribution in [1.82, 2.24) is 20.3 Å². The van der Waals surface area contributed by atoms with Crippen LogP contribution in [0, 0.1) is 13.8 Å². The monoisotopic (exact) mass is 482 g/mol. The van der Waals surface area contributed by atoms with Crippen LogP contribution >= 0.6 is 12.4 Å². The number of ether oxygens (including phenoxy) is 1. The zero-order valence-corrected chi connectivity index (χ0v) is 20.5. The van der Waals surface area contributed by atoms with Crippen LogP contribution in [0.15, 0.2) is 48.9 Å². The number of carbonyl (C=O) groups is 1. The number of carbonyl (C=O) groups excluding carboxylic acids is 1. The highest BCUT2D eigenvalue weighted by atomic mass is 35.5. The van der Waals surface area contributed by atoms with Gasteiger partial charge < -0.3 is 15.4 Å². The largest absolute Gasteiger partial charge is 0.491 e. The van der Waals surface area contributed by atoms with Gasteiger partial charge in [0.25, 0.3) is 0 Å². The average Bonchev–Trinajstić information content (AvgIpc) is 2.80. The number of anilines is 2. The molecule has 8 nitrogen and oxygen atoms in total. The van der Waals surface area contributed by atoms with Crippen molar-refractivity contribution < 1.29 is 9.53 Å². The molecule has 4 rings (SSSR count). The lowest BCUT2D eigenvalue weighted by molar-refractivity contribution is 0.163. The van der Waals surface area contributed by atoms with Gasteiger partial charge in [-0.1, -0.05) is 6.42 Å². The van der Waals surface area contributed by atoms with Gasteiger partial charge in [0.15, 0.2) is 5.82 Å². The normalized spacial score (nSPS) is 17.4. The van der Waals surface area contributed by atoms with Crippen LogP contribution in [-0.2, 0) is 0 Å². The summed E-state index contributed by atoms with van der Waals surface area (Å²) < 4.78 is 6.14. The van der Waals surface area contributed by atoms with Crippen LogP contribution in [0.3, 0.4) is 0 Å². The molecular formula is C25H31ClN6O2. The van der Waals surface area contributed by atoms with E-state index in [2.05, 4.69) is 37.8 Å². The molecule has 1 saturated heterocycles. The van der Waals surface area contributed by atoms with Crippen LogP contribution < -0.4 is 20.7 Å². The van der Waals surface area contributed by atoms with Gasteiger partial charge in [0, 0.05) is 16.8 Å². The average molecular weight is 483 g/mol. The van der Waals surface area contributed by atoms with E-state index >= 15 is 0 Å². The van der Waals surface area contributed by atoms with Crippen LogP contribution in [0.4, 0.5) is 16.3 Å². The molecule has 1 unspecified atom stereocenters. The maximum Gasteiger partial charge on any atom is 0.324 e. The van der Waals surface area contributed by atoms with Gasteiger partial charge in [-0.05, 0) is 76.1 Å². The first-order valence-electron chi connectivity index (χ1n) is 11.2. The van der Waals surface area contributed by atoms with E-state index < -0.39 is 6.03 Å². The van der Waals surface area contributed by atoms with Gasteiger partial charge in [-0.3, -0.25) is 15.3 Å². The number of nitrogens with zero attached hydrogens (tertiary/aromatic N) is 3. The smallest absolute Gasteiger partial charge is 0.324 e. The predicted molar refractivity (Wildman–Crippen MR) is 137 cm³/mol. The zero-order chi connectivity index (χ0) is 23.3. The second-order valence-corrected chi connectivity index (χ2v) is 8.77. The zero-order valence-electron chi connectivity index (χ0n) is 19.7. The molecule has 9 heteroatoms. The third-order valence-corrected chi connectivity index (χ3v) is 5.77. The Bertz CT molecular complexity index is 1120. The number of hydrogen-bond donors (Lipinski definition) is 3. The van der Waals surface area contributed by atoms with Crippen molar-refractivity contribution in [3.63, 3.8) is 0 Å². The summed E-state index contributed by atoms with van der Waals surface area (Å²) in [4.78, 5) is 25.2. The Kier molecular flexibility index (Phi) is 8.41. The molecule has 0 saturated carbocycles. The number of aryl methyl sites for hydroxylation is 2. The molecule has 1 atom stereocenters. The first-order chi connectivity index (χ1) is 15.9. The van der Waals surface area contributed by atoms with E-state index in [9.17, 15) is 4.79 Å². The van der Waals surface area contributed by atoms with Crippen LogP contribution in [0.2, 0.25) is 0 Å². The van der Waals surface area contributed by atoms with Gasteiger partial charge in [-0.15, -0.1) is 12.4 Å². The number of benzene rings is 1. The van der Waals surface area contributed by atoms with Gasteiger partial charge in [0.05, 0.1) is 30.0 Å². The molecule has 0 spiro atoms. The molecule has 34 heavy (non-hydrogen) atoms. The van der Waals surface area contributed by atoms with Gasteiger partial charge in [0.2, 0.25) is 0 Å². The molecule has 3 aromatic rings. The number of hydrogen-bond acceptors (Lipinski definition) is 6. The van der Waals surface area contributed by atoms with E-state index in [4.69, 9.17) is 4.74 Å². The molecule has 0 radical (unpaired) electrons. The highest BCUT2D eigenvalue weighted by Gasteiger charge is 2.27. The lowest BCUT2D eigenvalue weighted by Crippen LogP contribution is -2.50. The Morgan fingerprint density at radius 3 is 2.68 bits per heavy atom. The highest BCUT2D eigenvalue weighted by Crippen LogP contribution is 2.27. The molecule has 1 aliphatic heterocycles. The Hall–Kier alpha value is -3.23. The second-order valence-electron chi connectivity index (χ2n) is 8.77. The molecular weight excluding hydrogens is 452 g/mol. The minimum atomic E-state index is -0.406. The number of pyridine rings is 1. The summed E-state index contributed by atoms with van der Waals surface area (Å²) in [7, 11) is 0. The molecule has 1 aromatic carbocycles. The maximum absolute atomic E-state index is 12.3. The molecule has 3 heterocycles. The van der Waals surface area contributed by atoms with Crippen LogP contribution in [0.25, 0.3) is 11.3 Å². The van der Waals surface area contributed by atoms with E-state index in [-0.39, 0.29) is 17.9 Å². The molecule has 3 N–H and O–H groups in total. The first-order valence-corrected chi connectivity index (χ1v) is 11.2. The fourth-order valence-corrected chi connectivity index (χ4v) is 3.84. The molecule has 1 aliphatic rings. The number of amides is 2. The number of rotatable bonds is 6. The van der Waals surface area contributed by atoms with Gasteiger partial charge >= 0.3 is 6.03 Å². The van der Waals surface area contributed by atoms with Gasteiger partial charge in [-0.2, -0.15) is 0 Å². The summed E-state index contributed by atoms with van der Waals surface area (Å²) in [6.07, 6.45) is 8.37. The Labute approximate surface area is 206 Å². The van der Waals surface area contributed by atoms with E-state index in [1.807, 2.05) is 38.1 Å². The summed E-state index contributed by atoms with van der Waals surface area (Å²) in [5, 5.41) is 9.03. The predicted octanol–water partition coefficient (Wildman–Crippen LogP) is 5.13. The number of piperidine rings is 1. The second kappa shape index (κ2) is 11.3. The van der Waals surface area contributed by atoms with Gasteiger partial charge in [-0.25, -0.2) is 9.78 Å². The molecule has 0 bridgehead atoms. The van der Waals surface area contributed by atoms with E-state index in [1.165, 1.54) is 19.0 Å². The summed E-state index contributed by atoms with van der Waals surface area (Å²) in [5.41, 5.74) is 4.10. The fourth-order valence-electron chi connectivity index (χ4n) is 3.84. The van der Waals surface area contributed by atoms with Crippen molar-refractivity contribution in [1.29, 1.82) is 0 Å². The molecule has 180 valence electrons. The first kappa shape index (κ1) is 25.4. The summed E-state index contributed by atoms with van der Waals surface area (Å²) >= 11 is 0. The number of urea groups is 1. The van der Waals surface area contributed by atoms with Crippen molar-refractivity contribution in [2.45, 2.75) is 45.6 Å². The van der Waals surface area contributed by atoms with Crippen molar-refractivity contribution >= 4 is 29.9 Å². The fraction of sp³-hybridized carbons (Fsp3) is 0.360. The summed E-state index contributed by atoms with van der Waals surface area (Å²) in [5.74, 6) is 1.22. The van der Waals surface area contributed by atoms with Crippen LogP contribution in [0.1, 0.15) is 37.4 Å². The minimum absolute atomic E-state index is 0. The quantitative estimate of drug-likeness (QED) is 0.450. The van der Waals surface area contributed by atoms with E-state index in [0.29, 0.717) is 23.8 Å². The van der Waals surface area contributed by atoms with Crippen LogP contribution in [-0.4, -0.2) is 39.7 Å². The SMILES string of the molecule is Cc1ccc(NC(=O)Nc2cncc(-c3ccc(OCC4(C)CCCCN4)c(C)c3)n2)cn1.Cl. The Balaban J connectivity index is 0.00000324. The standard InChI is InChI=1S/C25H30N6O2.ClH/c1-17-12-19(7-9-22(17)33-16-25(3)10-4-5-11-28-25)21-14-26-15-23(30-21)31-24(32)29-20-8-6-18(2)27-13-20;/h6-9,12-15,28H,4-5,10-11,16H2,1-3H3,(H2,29,30,31,32);1H. The Morgan fingerprint density at radius 1 is 1.12 bits per heavy atom. The number of nitrogens with one attached hydrogen (secondary N) is 3. The van der Waals surface area contributed by atoms with Crippen molar-refractivity contribution in [2.75, 3.05) is 23.8 Å².